The molecule has 0 bridgehead atoms. The first-order chi connectivity index (χ1) is 26.6. The van der Waals surface area contributed by atoms with Crippen molar-refractivity contribution in [2.75, 3.05) is 13.2 Å². The number of aliphatic hydroxyl groups is 8. The molecule has 304 valence electrons. The average Bonchev–Trinajstić information content (AvgIpc) is 3.16. The van der Waals surface area contributed by atoms with E-state index in [0.29, 0.717) is 46.3 Å². The predicted octanol–water partition coefficient (Wildman–Crippen LogP) is 0.961. The highest BCUT2D eigenvalue weighted by molar-refractivity contribution is 5.80. The smallest absolute Gasteiger partial charge is 0.336 e. The third-order valence-electron chi connectivity index (χ3n) is 9.25. The number of allylic oxidation sites excluding steroid dienone is 4. The standard InChI is InChI=1S/2C20H24O8/c2*1-10(2)3-4-11-7-12-5-6-16(22)26-13(12)8-14(11)27-20-19(25)18(24)17(23)15(9-21)28-20/h2*3,5-8,15,17-21,23-25H,4,9H2,1-2H3/t2*15-,17-,18+,19-,20-/m11/s1. The third kappa shape index (κ3) is 10.1. The van der Waals surface area contributed by atoms with Gasteiger partial charge in [0.1, 0.15) is 71.5 Å². The van der Waals surface area contributed by atoms with E-state index in [1.807, 2.05) is 39.8 Å². The first-order valence-corrected chi connectivity index (χ1v) is 17.9. The second-order valence-corrected chi connectivity index (χ2v) is 14.1. The van der Waals surface area contributed by atoms with Gasteiger partial charge in [0.25, 0.3) is 0 Å². The Hall–Kier alpha value is -4.46. The van der Waals surface area contributed by atoms with Crippen molar-refractivity contribution in [2.45, 2.75) is 102 Å². The summed E-state index contributed by atoms with van der Waals surface area (Å²) < 4.78 is 32.8. The lowest BCUT2D eigenvalue weighted by Crippen LogP contribution is -2.60. The molecule has 2 aromatic heterocycles. The van der Waals surface area contributed by atoms with Crippen LogP contribution in [0.2, 0.25) is 0 Å². The van der Waals surface area contributed by atoms with Crippen molar-refractivity contribution in [1.29, 1.82) is 0 Å². The number of fused-ring (bicyclic) bond motifs is 2. The maximum atomic E-state index is 11.5. The summed E-state index contributed by atoms with van der Waals surface area (Å²) in [6.07, 6.45) is -8.91. The zero-order valence-electron chi connectivity index (χ0n) is 31.2. The molecule has 2 aliphatic rings. The Morgan fingerprint density at radius 2 is 0.946 bits per heavy atom. The molecule has 8 N–H and O–H groups in total. The number of ether oxygens (including phenoxy) is 4. The summed E-state index contributed by atoms with van der Waals surface area (Å²) in [6.45, 7) is 6.72. The van der Waals surface area contributed by atoms with Crippen molar-refractivity contribution in [2.24, 2.45) is 0 Å². The molecule has 2 fully saturated rings. The first kappa shape index (κ1) is 42.7. The number of hydrogen-bond acceptors (Lipinski definition) is 16. The van der Waals surface area contributed by atoms with Gasteiger partial charge in [-0.25, -0.2) is 9.59 Å². The Morgan fingerprint density at radius 3 is 1.29 bits per heavy atom. The van der Waals surface area contributed by atoms with Crippen molar-refractivity contribution < 1.29 is 68.6 Å². The summed E-state index contributed by atoms with van der Waals surface area (Å²) >= 11 is 0. The molecule has 0 radical (unpaired) electrons. The molecule has 2 aromatic carbocycles. The maximum Gasteiger partial charge on any atom is 0.336 e. The van der Waals surface area contributed by atoms with Crippen molar-refractivity contribution in [1.82, 2.24) is 0 Å². The molecule has 4 aromatic rings. The SMILES string of the molecule is CC(C)=CCc1cc2ccc(=O)oc2cc1O[C@@H]1O[C@H](CO)[C@@H](O)[C@H](O)[C@H]1O.CC(C)=CCc1cc2ccc(=O)oc2cc1O[C@@H]1O[C@H](CO)[C@@H](O)[C@H](O)[C@H]1O. The molecular weight excluding hydrogens is 736 g/mol. The molecule has 0 amide bonds. The van der Waals surface area contributed by atoms with Crippen LogP contribution >= 0.6 is 0 Å². The molecular formula is C40H48O16. The minimum absolute atomic E-state index is 0.295. The fourth-order valence-corrected chi connectivity index (χ4v) is 6.03. The normalized spacial score (nSPS) is 27.6. The fourth-order valence-electron chi connectivity index (χ4n) is 6.03. The number of aliphatic hydroxyl groups excluding tert-OH is 8. The number of rotatable bonds is 10. The summed E-state index contributed by atoms with van der Waals surface area (Å²) in [4.78, 5) is 23.1. The Bertz CT molecular complexity index is 1980. The zero-order valence-corrected chi connectivity index (χ0v) is 31.2. The molecule has 0 saturated carbocycles. The van der Waals surface area contributed by atoms with Crippen LogP contribution in [0.3, 0.4) is 0 Å². The van der Waals surface area contributed by atoms with E-state index in [-0.39, 0.29) is 0 Å². The molecule has 0 aliphatic carbocycles. The van der Waals surface area contributed by atoms with Crippen LogP contribution in [0.25, 0.3) is 21.9 Å². The van der Waals surface area contributed by atoms with E-state index in [0.717, 1.165) is 22.3 Å². The Balaban J connectivity index is 0.000000214. The average molecular weight is 785 g/mol. The third-order valence-corrected chi connectivity index (χ3v) is 9.25. The molecule has 2 saturated heterocycles. The lowest BCUT2D eigenvalue weighted by molar-refractivity contribution is -0.277. The molecule has 4 heterocycles. The van der Waals surface area contributed by atoms with Crippen molar-refractivity contribution in [3.8, 4) is 11.5 Å². The van der Waals surface area contributed by atoms with Crippen LogP contribution in [-0.2, 0) is 22.3 Å². The van der Waals surface area contributed by atoms with Gasteiger partial charge in [-0.15, -0.1) is 0 Å². The summed E-state index contributed by atoms with van der Waals surface area (Å²) in [7, 11) is 0. The van der Waals surface area contributed by atoms with E-state index >= 15 is 0 Å². The van der Waals surface area contributed by atoms with Gasteiger partial charge < -0.3 is 68.6 Å². The van der Waals surface area contributed by atoms with E-state index in [9.17, 15) is 50.4 Å². The molecule has 16 heteroatoms. The Kier molecular flexibility index (Phi) is 14.2. The van der Waals surface area contributed by atoms with E-state index < -0.39 is 85.9 Å². The van der Waals surface area contributed by atoms with Crippen LogP contribution in [0, 0.1) is 0 Å². The van der Waals surface area contributed by atoms with Gasteiger partial charge in [-0.05, 0) is 75.9 Å². The highest BCUT2D eigenvalue weighted by Gasteiger charge is 2.46. The van der Waals surface area contributed by atoms with E-state index in [1.54, 1.807) is 24.3 Å². The van der Waals surface area contributed by atoms with Gasteiger partial charge in [-0.3, -0.25) is 0 Å². The fraction of sp³-hybridized carbons (Fsp3) is 0.450. The molecule has 0 spiro atoms. The van der Waals surface area contributed by atoms with Crippen LogP contribution in [0.5, 0.6) is 11.5 Å². The minimum Gasteiger partial charge on any atom is -0.462 e. The summed E-state index contributed by atoms with van der Waals surface area (Å²) in [5.74, 6) is 0.590. The second kappa shape index (κ2) is 18.7. The van der Waals surface area contributed by atoms with Gasteiger partial charge in [0.2, 0.25) is 12.6 Å². The molecule has 0 unspecified atom stereocenters. The van der Waals surface area contributed by atoms with Crippen LogP contribution < -0.4 is 20.7 Å². The second-order valence-electron chi connectivity index (χ2n) is 14.1. The lowest BCUT2D eigenvalue weighted by atomic mass is 9.99. The van der Waals surface area contributed by atoms with E-state index in [2.05, 4.69) is 0 Å². The zero-order chi connectivity index (χ0) is 40.8. The topological polar surface area (TPSA) is 259 Å². The highest BCUT2D eigenvalue weighted by Crippen LogP contribution is 2.32. The highest BCUT2D eigenvalue weighted by atomic mass is 16.7. The molecule has 2 aliphatic heterocycles. The minimum atomic E-state index is -1.55. The Morgan fingerprint density at radius 1 is 0.571 bits per heavy atom. The number of hydrogen-bond donors (Lipinski definition) is 8. The number of benzene rings is 2. The van der Waals surface area contributed by atoms with Crippen LogP contribution in [-0.4, -0.2) is 115 Å². The summed E-state index contributed by atoms with van der Waals surface area (Å²) in [5.41, 5.74) is 3.27. The van der Waals surface area contributed by atoms with Crippen LogP contribution in [0.15, 0.2) is 90.3 Å². The molecule has 56 heavy (non-hydrogen) atoms. The predicted molar refractivity (Wildman–Crippen MR) is 200 cm³/mol. The quantitative estimate of drug-likeness (QED) is 0.0823. The van der Waals surface area contributed by atoms with Gasteiger partial charge in [0, 0.05) is 35.0 Å². The van der Waals surface area contributed by atoms with E-state index in [1.165, 1.54) is 24.3 Å². The maximum absolute atomic E-state index is 11.5. The monoisotopic (exact) mass is 784 g/mol. The van der Waals surface area contributed by atoms with Crippen LogP contribution in [0.1, 0.15) is 38.8 Å². The van der Waals surface area contributed by atoms with Gasteiger partial charge in [0.15, 0.2) is 0 Å². The van der Waals surface area contributed by atoms with Gasteiger partial charge in [0.05, 0.1) is 13.2 Å². The first-order valence-electron chi connectivity index (χ1n) is 17.9. The van der Waals surface area contributed by atoms with Gasteiger partial charge >= 0.3 is 11.3 Å². The summed E-state index contributed by atoms with van der Waals surface area (Å²) in [5, 5.41) is 80.2. The van der Waals surface area contributed by atoms with Crippen molar-refractivity contribution >= 4 is 21.9 Å². The summed E-state index contributed by atoms with van der Waals surface area (Å²) in [6, 6.07) is 12.6. The van der Waals surface area contributed by atoms with Crippen molar-refractivity contribution in [3.63, 3.8) is 0 Å². The van der Waals surface area contributed by atoms with Gasteiger partial charge in [-0.1, -0.05) is 23.3 Å². The lowest BCUT2D eigenvalue weighted by Gasteiger charge is -2.39. The van der Waals surface area contributed by atoms with Gasteiger partial charge in [-0.2, -0.15) is 0 Å². The molecule has 16 nitrogen and oxygen atoms in total. The van der Waals surface area contributed by atoms with Crippen LogP contribution in [0.4, 0.5) is 0 Å². The Labute approximate surface area is 320 Å². The largest absolute Gasteiger partial charge is 0.462 e. The van der Waals surface area contributed by atoms with E-state index in [4.69, 9.17) is 27.8 Å². The molecule has 10 atom stereocenters. The van der Waals surface area contributed by atoms with Crippen molar-refractivity contribution in [3.05, 3.63) is 104 Å². The molecule has 6 rings (SSSR count).